The third-order valence-electron chi connectivity index (χ3n) is 4.15. The Morgan fingerprint density at radius 1 is 1.18 bits per heavy atom. The third kappa shape index (κ3) is 4.30. The van der Waals surface area contributed by atoms with Gasteiger partial charge in [-0.3, -0.25) is 4.79 Å². The lowest BCUT2D eigenvalue weighted by Crippen LogP contribution is -2.48. The van der Waals surface area contributed by atoms with Crippen LogP contribution in [0.5, 0.6) is 0 Å². The first-order valence-electron chi connectivity index (χ1n) is 7.23. The monoisotopic (exact) mass is 238 g/mol. The van der Waals surface area contributed by atoms with Crippen molar-refractivity contribution >= 4 is 5.91 Å². The minimum atomic E-state index is 0.120. The first-order valence-corrected chi connectivity index (χ1v) is 7.23. The summed E-state index contributed by atoms with van der Waals surface area (Å²) in [6, 6.07) is 0.393. The fourth-order valence-electron chi connectivity index (χ4n) is 3.36. The molecule has 1 atom stereocenters. The Balaban J connectivity index is 1.74. The van der Waals surface area contributed by atoms with Gasteiger partial charge in [-0.2, -0.15) is 0 Å². The molecule has 0 aromatic heterocycles. The van der Waals surface area contributed by atoms with E-state index in [1.807, 2.05) is 0 Å². The molecule has 1 unspecified atom stereocenters. The van der Waals surface area contributed by atoms with E-state index in [9.17, 15) is 4.79 Å². The fraction of sp³-hybridized carbons (Fsp3) is 0.929. The van der Waals surface area contributed by atoms with Gasteiger partial charge in [-0.25, -0.2) is 0 Å². The van der Waals surface area contributed by atoms with Crippen molar-refractivity contribution < 1.29 is 4.79 Å². The summed E-state index contributed by atoms with van der Waals surface area (Å²) in [6.07, 6.45) is 9.51. The Bertz CT molecular complexity index is 249. The van der Waals surface area contributed by atoms with Gasteiger partial charge in [-0.05, 0) is 38.1 Å². The predicted molar refractivity (Wildman–Crippen MR) is 69.9 cm³/mol. The Morgan fingerprint density at radius 2 is 1.94 bits per heavy atom. The van der Waals surface area contributed by atoms with Gasteiger partial charge in [0.15, 0.2) is 0 Å². The highest BCUT2D eigenvalue weighted by molar-refractivity contribution is 5.73. The average Bonchev–Trinajstić information content (AvgIpc) is 2.30. The summed E-state index contributed by atoms with van der Waals surface area (Å²) in [4.78, 5) is 13.6. The fourth-order valence-corrected chi connectivity index (χ4v) is 3.36. The summed E-state index contributed by atoms with van der Waals surface area (Å²) in [7, 11) is 0. The molecule has 2 fully saturated rings. The molecule has 1 saturated carbocycles. The van der Waals surface area contributed by atoms with Crippen LogP contribution >= 0.6 is 0 Å². The van der Waals surface area contributed by atoms with Crippen molar-refractivity contribution in [2.45, 2.75) is 57.9 Å². The number of carbonyl (C=O) groups excluding carboxylic acids is 1. The summed E-state index contributed by atoms with van der Waals surface area (Å²) < 4.78 is 0. The molecule has 1 N–H and O–H groups in total. The molecule has 0 bridgehead atoms. The van der Waals surface area contributed by atoms with Crippen molar-refractivity contribution in [3.8, 4) is 0 Å². The molecule has 0 aromatic carbocycles. The second kappa shape index (κ2) is 6.39. The SMILES string of the molecule is CC(=O)NC1CCCN(CC2CCCCC2)C1. The highest BCUT2D eigenvalue weighted by Gasteiger charge is 2.23. The van der Waals surface area contributed by atoms with Crippen molar-refractivity contribution in [1.82, 2.24) is 10.2 Å². The van der Waals surface area contributed by atoms with E-state index in [-0.39, 0.29) is 5.91 Å². The summed E-state index contributed by atoms with van der Waals surface area (Å²) in [5, 5.41) is 3.07. The van der Waals surface area contributed by atoms with Crippen molar-refractivity contribution in [3.63, 3.8) is 0 Å². The number of amides is 1. The zero-order chi connectivity index (χ0) is 12.1. The second-order valence-electron chi connectivity index (χ2n) is 5.80. The molecule has 1 aliphatic carbocycles. The van der Waals surface area contributed by atoms with Crippen molar-refractivity contribution in [1.29, 1.82) is 0 Å². The second-order valence-corrected chi connectivity index (χ2v) is 5.80. The molecule has 98 valence electrons. The number of hydrogen-bond acceptors (Lipinski definition) is 2. The van der Waals surface area contributed by atoms with Crippen LogP contribution in [-0.4, -0.2) is 36.5 Å². The molecular formula is C14H26N2O. The summed E-state index contributed by atoms with van der Waals surface area (Å²) in [5.74, 6) is 1.04. The summed E-state index contributed by atoms with van der Waals surface area (Å²) in [5.41, 5.74) is 0. The number of rotatable bonds is 3. The number of likely N-dealkylation sites (tertiary alicyclic amines) is 1. The number of piperidine rings is 1. The first-order chi connectivity index (χ1) is 8.24. The molecule has 17 heavy (non-hydrogen) atoms. The first kappa shape index (κ1) is 12.9. The van der Waals surface area contributed by atoms with Gasteiger partial charge in [0.05, 0.1) is 0 Å². The normalized spacial score (nSPS) is 27.9. The van der Waals surface area contributed by atoms with Gasteiger partial charge in [0.25, 0.3) is 0 Å². The van der Waals surface area contributed by atoms with Crippen LogP contribution in [0.4, 0.5) is 0 Å². The summed E-state index contributed by atoms with van der Waals surface area (Å²) in [6.45, 7) is 5.18. The van der Waals surface area contributed by atoms with E-state index >= 15 is 0 Å². The van der Waals surface area contributed by atoms with E-state index in [1.165, 1.54) is 51.6 Å². The van der Waals surface area contributed by atoms with E-state index in [0.717, 1.165) is 18.9 Å². The van der Waals surface area contributed by atoms with Crippen molar-refractivity contribution in [2.75, 3.05) is 19.6 Å². The molecule has 1 heterocycles. The van der Waals surface area contributed by atoms with Crippen LogP contribution in [0.1, 0.15) is 51.9 Å². The highest BCUT2D eigenvalue weighted by Crippen LogP contribution is 2.25. The molecule has 3 nitrogen and oxygen atoms in total. The molecule has 1 aliphatic heterocycles. The lowest BCUT2D eigenvalue weighted by atomic mass is 9.88. The minimum Gasteiger partial charge on any atom is -0.352 e. The van der Waals surface area contributed by atoms with Gasteiger partial charge in [-0.15, -0.1) is 0 Å². The van der Waals surface area contributed by atoms with Gasteiger partial charge >= 0.3 is 0 Å². The van der Waals surface area contributed by atoms with Gasteiger partial charge in [0.1, 0.15) is 0 Å². The Labute approximate surface area is 105 Å². The van der Waals surface area contributed by atoms with Crippen molar-refractivity contribution in [2.24, 2.45) is 5.92 Å². The van der Waals surface area contributed by atoms with E-state index in [0.29, 0.717) is 6.04 Å². The quantitative estimate of drug-likeness (QED) is 0.817. The Kier molecular flexibility index (Phi) is 4.84. The molecule has 0 spiro atoms. The highest BCUT2D eigenvalue weighted by atomic mass is 16.1. The van der Waals surface area contributed by atoms with E-state index in [4.69, 9.17) is 0 Å². The van der Waals surface area contributed by atoms with Gasteiger partial charge in [-0.1, -0.05) is 19.3 Å². The average molecular weight is 238 g/mol. The molecular weight excluding hydrogens is 212 g/mol. The minimum absolute atomic E-state index is 0.120. The maximum absolute atomic E-state index is 11.1. The van der Waals surface area contributed by atoms with E-state index in [2.05, 4.69) is 10.2 Å². The lowest BCUT2D eigenvalue weighted by molar-refractivity contribution is -0.120. The Hall–Kier alpha value is -0.570. The van der Waals surface area contributed by atoms with E-state index < -0.39 is 0 Å². The number of carbonyl (C=O) groups is 1. The third-order valence-corrected chi connectivity index (χ3v) is 4.15. The topological polar surface area (TPSA) is 32.3 Å². The van der Waals surface area contributed by atoms with Crippen LogP contribution in [-0.2, 0) is 4.79 Å². The molecule has 1 saturated heterocycles. The molecule has 0 aromatic rings. The van der Waals surface area contributed by atoms with Gasteiger partial charge in [0, 0.05) is 26.1 Å². The van der Waals surface area contributed by atoms with Crippen LogP contribution in [0.3, 0.4) is 0 Å². The number of nitrogens with one attached hydrogen (secondary N) is 1. The maximum atomic E-state index is 11.1. The number of hydrogen-bond donors (Lipinski definition) is 1. The van der Waals surface area contributed by atoms with Crippen LogP contribution < -0.4 is 5.32 Å². The van der Waals surface area contributed by atoms with Gasteiger partial charge < -0.3 is 10.2 Å². The molecule has 2 aliphatic rings. The standard InChI is InChI=1S/C14H26N2O/c1-12(17)15-14-8-5-9-16(11-14)10-13-6-3-2-4-7-13/h13-14H,2-11H2,1H3,(H,15,17). The van der Waals surface area contributed by atoms with Crippen LogP contribution in [0.15, 0.2) is 0 Å². The predicted octanol–water partition coefficient (Wildman–Crippen LogP) is 2.17. The summed E-state index contributed by atoms with van der Waals surface area (Å²) >= 11 is 0. The Morgan fingerprint density at radius 3 is 2.65 bits per heavy atom. The molecule has 2 rings (SSSR count). The lowest BCUT2D eigenvalue weighted by Gasteiger charge is -2.36. The molecule has 1 amide bonds. The van der Waals surface area contributed by atoms with Crippen molar-refractivity contribution in [3.05, 3.63) is 0 Å². The van der Waals surface area contributed by atoms with Crippen LogP contribution in [0.25, 0.3) is 0 Å². The van der Waals surface area contributed by atoms with Crippen LogP contribution in [0, 0.1) is 5.92 Å². The van der Waals surface area contributed by atoms with Crippen LogP contribution in [0.2, 0.25) is 0 Å². The van der Waals surface area contributed by atoms with Gasteiger partial charge in [0.2, 0.25) is 5.91 Å². The maximum Gasteiger partial charge on any atom is 0.217 e. The largest absolute Gasteiger partial charge is 0.352 e. The zero-order valence-corrected chi connectivity index (χ0v) is 11.1. The zero-order valence-electron chi connectivity index (χ0n) is 11.1. The molecule has 3 heteroatoms. The molecule has 0 radical (unpaired) electrons. The smallest absolute Gasteiger partial charge is 0.217 e. The number of nitrogens with zero attached hydrogens (tertiary/aromatic N) is 1. The van der Waals surface area contributed by atoms with E-state index in [1.54, 1.807) is 6.92 Å².